The van der Waals surface area contributed by atoms with Crippen LogP contribution in [-0.2, 0) is 6.42 Å². The van der Waals surface area contributed by atoms with Gasteiger partial charge in [0.2, 0.25) is 0 Å². The van der Waals surface area contributed by atoms with Crippen molar-refractivity contribution < 1.29 is 0 Å². The number of nitrogens with zero attached hydrogens (tertiary/aromatic N) is 1. The van der Waals surface area contributed by atoms with E-state index < -0.39 is 0 Å². The van der Waals surface area contributed by atoms with Crippen molar-refractivity contribution in [3.05, 3.63) is 35.7 Å². The van der Waals surface area contributed by atoms with E-state index in [1.807, 2.05) is 12.3 Å². The van der Waals surface area contributed by atoms with Crippen LogP contribution in [-0.4, -0.2) is 10.9 Å². The van der Waals surface area contributed by atoms with E-state index in [1.54, 1.807) is 0 Å². The molecule has 0 N–H and O–H groups in total. The third-order valence-corrected chi connectivity index (χ3v) is 2.56. The molecule has 1 heterocycles. The number of hydrogen-bond acceptors (Lipinski definition) is 1. The van der Waals surface area contributed by atoms with Gasteiger partial charge in [-0.25, -0.2) is 0 Å². The average Bonchev–Trinajstić information content (AvgIpc) is 2.19. The third kappa shape index (κ3) is 1.75. The topological polar surface area (TPSA) is 12.9 Å². The normalized spacial score (nSPS) is 15.0. The van der Waals surface area contributed by atoms with Crippen molar-refractivity contribution in [1.29, 1.82) is 0 Å². The van der Waals surface area contributed by atoms with Crippen LogP contribution in [0.4, 0.5) is 0 Å². The number of aromatic nitrogens is 1. The monoisotopic (exact) mass is 193 g/mol. The van der Waals surface area contributed by atoms with Gasteiger partial charge in [-0.15, -0.1) is 11.6 Å². The molecule has 1 nitrogen and oxygen atoms in total. The second-order valence-corrected chi connectivity index (χ2v) is 3.58. The number of aryl methyl sites for hydroxylation is 1. The minimum absolute atomic E-state index is 0.695. The van der Waals surface area contributed by atoms with Gasteiger partial charge < -0.3 is 0 Å². The molecule has 0 fully saturated rings. The number of allylic oxidation sites excluding steroid dienone is 2. The maximum absolute atomic E-state index is 5.74. The Hall–Kier alpha value is -0.820. The summed E-state index contributed by atoms with van der Waals surface area (Å²) in [6.45, 7) is 0. The van der Waals surface area contributed by atoms with Crippen LogP contribution in [0.15, 0.2) is 24.4 Å². The van der Waals surface area contributed by atoms with Gasteiger partial charge in [0.25, 0.3) is 0 Å². The van der Waals surface area contributed by atoms with E-state index in [2.05, 4.69) is 17.1 Å². The van der Waals surface area contributed by atoms with Gasteiger partial charge in [-0.1, -0.05) is 12.1 Å². The molecule has 68 valence electrons. The van der Waals surface area contributed by atoms with Crippen LogP contribution < -0.4 is 0 Å². The van der Waals surface area contributed by atoms with E-state index in [1.165, 1.54) is 16.8 Å². The Kier molecular flexibility index (Phi) is 2.65. The molecule has 0 spiro atoms. The molecule has 0 atom stereocenters. The number of hydrogen-bond donors (Lipinski definition) is 0. The van der Waals surface area contributed by atoms with E-state index in [-0.39, 0.29) is 0 Å². The molecule has 2 heteroatoms. The summed E-state index contributed by atoms with van der Waals surface area (Å²) in [5.41, 5.74) is 3.89. The van der Waals surface area contributed by atoms with Crippen LogP contribution in [0.25, 0.3) is 5.57 Å². The van der Waals surface area contributed by atoms with Gasteiger partial charge >= 0.3 is 0 Å². The van der Waals surface area contributed by atoms with Crippen LogP contribution in [0.1, 0.15) is 24.1 Å². The molecule has 2 rings (SSSR count). The molecule has 1 aromatic heterocycles. The average molecular weight is 194 g/mol. The molecule has 0 saturated heterocycles. The highest BCUT2D eigenvalue weighted by Gasteiger charge is 2.11. The molecular formula is C11H12ClN. The zero-order chi connectivity index (χ0) is 9.10. The van der Waals surface area contributed by atoms with Crippen molar-refractivity contribution in [2.24, 2.45) is 0 Å². The quantitative estimate of drug-likeness (QED) is 0.658. The SMILES string of the molecule is ClCCC1=CCCc2ncccc21. The summed E-state index contributed by atoms with van der Waals surface area (Å²) in [5.74, 6) is 0.695. The molecule has 0 aromatic carbocycles. The zero-order valence-corrected chi connectivity index (χ0v) is 8.22. The number of alkyl halides is 1. The molecule has 13 heavy (non-hydrogen) atoms. The first-order valence-electron chi connectivity index (χ1n) is 4.61. The minimum atomic E-state index is 0.695. The van der Waals surface area contributed by atoms with Crippen molar-refractivity contribution >= 4 is 17.2 Å². The van der Waals surface area contributed by atoms with Crippen LogP contribution in [0.2, 0.25) is 0 Å². The van der Waals surface area contributed by atoms with E-state index >= 15 is 0 Å². The number of rotatable bonds is 2. The Bertz CT molecular complexity index is 331. The third-order valence-electron chi connectivity index (χ3n) is 2.37. The molecule has 0 saturated carbocycles. The smallest absolute Gasteiger partial charge is 0.0481 e. The summed E-state index contributed by atoms with van der Waals surface area (Å²) in [6, 6.07) is 4.13. The van der Waals surface area contributed by atoms with E-state index in [0.717, 1.165) is 19.3 Å². The lowest BCUT2D eigenvalue weighted by Gasteiger charge is -2.15. The van der Waals surface area contributed by atoms with Crippen molar-refractivity contribution in [2.75, 3.05) is 5.88 Å². The highest BCUT2D eigenvalue weighted by Crippen LogP contribution is 2.27. The summed E-state index contributed by atoms with van der Waals surface area (Å²) < 4.78 is 0. The number of halogens is 1. The molecule has 0 bridgehead atoms. The van der Waals surface area contributed by atoms with Crippen LogP contribution in [0.3, 0.4) is 0 Å². The van der Waals surface area contributed by atoms with Crippen molar-refractivity contribution in [1.82, 2.24) is 4.98 Å². The standard InChI is InChI=1S/C11H12ClN/c12-7-6-9-3-1-5-11-10(9)4-2-8-13-11/h2-4,8H,1,5-7H2. The van der Waals surface area contributed by atoms with Crippen molar-refractivity contribution in [3.63, 3.8) is 0 Å². The summed E-state index contributed by atoms with van der Waals surface area (Å²) >= 11 is 5.74. The second kappa shape index (κ2) is 3.93. The van der Waals surface area contributed by atoms with E-state index in [0.29, 0.717) is 5.88 Å². The number of fused-ring (bicyclic) bond motifs is 1. The van der Waals surface area contributed by atoms with Gasteiger partial charge in [0.15, 0.2) is 0 Å². The summed E-state index contributed by atoms with van der Waals surface area (Å²) in [7, 11) is 0. The van der Waals surface area contributed by atoms with Crippen molar-refractivity contribution in [2.45, 2.75) is 19.3 Å². The molecule has 0 amide bonds. The molecule has 0 radical (unpaired) electrons. The summed E-state index contributed by atoms with van der Waals surface area (Å²) in [6.07, 6.45) is 7.29. The molecule has 0 aliphatic heterocycles. The Balaban J connectivity index is 2.36. The van der Waals surface area contributed by atoms with Gasteiger partial charge in [0.1, 0.15) is 0 Å². The molecule has 1 aromatic rings. The largest absolute Gasteiger partial charge is 0.261 e. The minimum Gasteiger partial charge on any atom is -0.261 e. The van der Waals surface area contributed by atoms with Gasteiger partial charge in [0, 0.05) is 17.8 Å². The fraction of sp³-hybridized carbons (Fsp3) is 0.364. The summed E-state index contributed by atoms with van der Waals surface area (Å²) in [4.78, 5) is 4.37. The maximum Gasteiger partial charge on any atom is 0.0481 e. The first-order valence-corrected chi connectivity index (χ1v) is 5.14. The lowest BCUT2D eigenvalue weighted by atomic mass is 9.93. The van der Waals surface area contributed by atoms with Gasteiger partial charge in [-0.05, 0) is 36.5 Å². The zero-order valence-electron chi connectivity index (χ0n) is 7.46. The van der Waals surface area contributed by atoms with Crippen LogP contribution >= 0.6 is 11.6 Å². The maximum atomic E-state index is 5.74. The van der Waals surface area contributed by atoms with Crippen LogP contribution in [0, 0.1) is 0 Å². The van der Waals surface area contributed by atoms with E-state index in [9.17, 15) is 0 Å². The highest BCUT2D eigenvalue weighted by molar-refractivity contribution is 6.18. The number of pyridine rings is 1. The highest BCUT2D eigenvalue weighted by atomic mass is 35.5. The fourth-order valence-corrected chi connectivity index (χ4v) is 1.96. The summed E-state index contributed by atoms with van der Waals surface area (Å²) in [5, 5.41) is 0. The fourth-order valence-electron chi connectivity index (χ4n) is 1.76. The Labute approximate surface area is 83.4 Å². The molecule has 0 unspecified atom stereocenters. The first kappa shape index (κ1) is 8.76. The molecule has 1 aliphatic rings. The Morgan fingerprint density at radius 3 is 3.23 bits per heavy atom. The van der Waals surface area contributed by atoms with Gasteiger partial charge in [0.05, 0.1) is 0 Å². The Morgan fingerprint density at radius 2 is 2.38 bits per heavy atom. The molecule has 1 aliphatic carbocycles. The second-order valence-electron chi connectivity index (χ2n) is 3.20. The predicted molar refractivity (Wildman–Crippen MR) is 55.9 cm³/mol. The molecular weight excluding hydrogens is 182 g/mol. The van der Waals surface area contributed by atoms with Gasteiger partial charge in [-0.2, -0.15) is 0 Å². The Morgan fingerprint density at radius 1 is 1.46 bits per heavy atom. The predicted octanol–water partition coefficient (Wildman–Crippen LogP) is 3.04. The van der Waals surface area contributed by atoms with Gasteiger partial charge in [-0.3, -0.25) is 4.98 Å². The van der Waals surface area contributed by atoms with E-state index in [4.69, 9.17) is 11.6 Å². The first-order chi connectivity index (χ1) is 6.42. The lowest BCUT2D eigenvalue weighted by Crippen LogP contribution is -2.02. The van der Waals surface area contributed by atoms with Crippen LogP contribution in [0.5, 0.6) is 0 Å². The van der Waals surface area contributed by atoms with Crippen molar-refractivity contribution in [3.8, 4) is 0 Å². The lowest BCUT2D eigenvalue weighted by molar-refractivity contribution is 0.910.